The molecule has 1 N–H and O–H groups in total. The van der Waals surface area contributed by atoms with E-state index in [1.54, 1.807) is 0 Å². The van der Waals surface area contributed by atoms with Gasteiger partial charge in [0.05, 0.1) is 0 Å². The number of anilines is 1. The molecule has 0 saturated carbocycles. The molecule has 4 aromatic rings. The van der Waals surface area contributed by atoms with Crippen molar-refractivity contribution in [1.29, 1.82) is 0 Å². The summed E-state index contributed by atoms with van der Waals surface area (Å²) < 4.78 is 1.98. The van der Waals surface area contributed by atoms with E-state index in [4.69, 9.17) is 0 Å². The average Bonchev–Trinajstić information content (AvgIpc) is 3.22. The number of hydrogen-bond acceptors (Lipinski definition) is 1. The Morgan fingerprint density at radius 3 is 2.65 bits per heavy atom. The molecule has 3 nitrogen and oxygen atoms in total. The summed E-state index contributed by atoms with van der Waals surface area (Å²) in [5.74, 6) is -0.0122. The predicted molar refractivity (Wildman–Crippen MR) is 105 cm³/mol. The maximum atomic E-state index is 12.5. The van der Waals surface area contributed by atoms with Crippen LogP contribution in [0.2, 0.25) is 0 Å². The fourth-order valence-electron chi connectivity index (χ4n) is 3.86. The lowest BCUT2D eigenvalue weighted by Gasteiger charge is -2.09. The Hall–Kier alpha value is -3.33. The summed E-state index contributed by atoms with van der Waals surface area (Å²) >= 11 is 0. The van der Waals surface area contributed by atoms with Gasteiger partial charge in [-0.25, -0.2) is 0 Å². The van der Waals surface area contributed by atoms with Gasteiger partial charge in [-0.2, -0.15) is 0 Å². The van der Waals surface area contributed by atoms with Gasteiger partial charge in [0.25, 0.3) is 0 Å². The zero-order valence-corrected chi connectivity index (χ0v) is 14.3. The summed E-state index contributed by atoms with van der Waals surface area (Å²) in [5.41, 5.74) is 7.14. The number of aromatic nitrogens is 1. The van der Waals surface area contributed by atoms with Gasteiger partial charge in [0, 0.05) is 17.4 Å². The van der Waals surface area contributed by atoms with Crippen LogP contribution in [0.1, 0.15) is 11.1 Å². The molecule has 3 heteroatoms. The first-order chi connectivity index (χ1) is 12.8. The van der Waals surface area contributed by atoms with Crippen molar-refractivity contribution in [3.05, 3.63) is 90.1 Å². The molecule has 0 saturated heterocycles. The highest BCUT2D eigenvalue weighted by atomic mass is 16.1. The quantitative estimate of drug-likeness (QED) is 0.501. The Morgan fingerprint density at radius 1 is 0.885 bits per heavy atom. The first kappa shape index (κ1) is 15.0. The van der Waals surface area contributed by atoms with Crippen LogP contribution in [0.5, 0.6) is 0 Å². The van der Waals surface area contributed by atoms with Gasteiger partial charge in [0.15, 0.2) is 0 Å². The highest BCUT2D eigenvalue weighted by molar-refractivity contribution is 5.93. The Kier molecular flexibility index (Phi) is 3.39. The summed E-state index contributed by atoms with van der Waals surface area (Å²) in [6, 6.07) is 24.8. The second kappa shape index (κ2) is 5.88. The molecule has 0 spiro atoms. The van der Waals surface area contributed by atoms with E-state index in [-0.39, 0.29) is 5.91 Å². The molecule has 0 aliphatic heterocycles. The van der Waals surface area contributed by atoms with Crippen LogP contribution in [0.4, 0.5) is 5.69 Å². The molecule has 26 heavy (non-hydrogen) atoms. The standard InChI is InChI=1S/C23H18N2O/c26-23(15-25-12-11-16-5-2-4-8-22(16)25)24-19-9-10-21-18(14-19)13-17-6-1-3-7-20(17)21/h1-12,14H,13,15H2,(H,24,26). The van der Waals surface area contributed by atoms with Crippen molar-refractivity contribution in [2.45, 2.75) is 13.0 Å². The van der Waals surface area contributed by atoms with Crippen molar-refractivity contribution in [3.63, 3.8) is 0 Å². The van der Waals surface area contributed by atoms with Crippen LogP contribution in [-0.4, -0.2) is 10.5 Å². The fourth-order valence-corrected chi connectivity index (χ4v) is 3.86. The van der Waals surface area contributed by atoms with Crippen LogP contribution in [0.15, 0.2) is 79.0 Å². The molecule has 5 rings (SSSR count). The normalized spacial score (nSPS) is 12.0. The van der Waals surface area contributed by atoms with E-state index in [0.717, 1.165) is 23.0 Å². The second-order valence-electron chi connectivity index (χ2n) is 6.76. The van der Waals surface area contributed by atoms with Crippen LogP contribution in [-0.2, 0) is 17.8 Å². The van der Waals surface area contributed by atoms with Crippen molar-refractivity contribution in [2.24, 2.45) is 0 Å². The van der Waals surface area contributed by atoms with Gasteiger partial charge in [0.1, 0.15) is 6.54 Å². The lowest BCUT2D eigenvalue weighted by atomic mass is 10.1. The molecule has 0 bridgehead atoms. The minimum absolute atomic E-state index is 0.0122. The van der Waals surface area contributed by atoms with Crippen molar-refractivity contribution >= 4 is 22.5 Å². The third kappa shape index (κ3) is 2.49. The number of amides is 1. The molecular formula is C23H18N2O. The fraction of sp³-hybridized carbons (Fsp3) is 0.0870. The van der Waals surface area contributed by atoms with E-state index in [1.165, 1.54) is 22.3 Å². The van der Waals surface area contributed by atoms with Crippen LogP contribution in [0.3, 0.4) is 0 Å². The molecular weight excluding hydrogens is 320 g/mol. The first-order valence-electron chi connectivity index (χ1n) is 8.83. The number of carbonyl (C=O) groups is 1. The van der Waals surface area contributed by atoms with Crippen molar-refractivity contribution < 1.29 is 4.79 Å². The molecule has 0 unspecified atom stereocenters. The van der Waals surface area contributed by atoms with Crippen LogP contribution < -0.4 is 5.32 Å². The number of nitrogens with one attached hydrogen (secondary N) is 1. The molecule has 1 amide bonds. The van der Waals surface area contributed by atoms with Crippen molar-refractivity contribution in [2.75, 3.05) is 5.32 Å². The minimum atomic E-state index is -0.0122. The molecule has 126 valence electrons. The van der Waals surface area contributed by atoms with Gasteiger partial charge in [-0.3, -0.25) is 4.79 Å². The Labute approximate surface area is 151 Å². The summed E-state index contributed by atoms with van der Waals surface area (Å²) in [7, 11) is 0. The SMILES string of the molecule is O=C(Cn1ccc2ccccc21)Nc1ccc2c(c1)Cc1ccccc1-2. The first-order valence-corrected chi connectivity index (χ1v) is 8.83. The number of benzene rings is 3. The largest absolute Gasteiger partial charge is 0.338 e. The van der Waals surface area contributed by atoms with Crippen molar-refractivity contribution in [1.82, 2.24) is 4.57 Å². The molecule has 0 radical (unpaired) electrons. The third-order valence-electron chi connectivity index (χ3n) is 5.07. The van der Waals surface area contributed by atoms with Gasteiger partial charge >= 0.3 is 0 Å². The molecule has 0 atom stereocenters. The Balaban J connectivity index is 1.36. The van der Waals surface area contributed by atoms with E-state index < -0.39 is 0 Å². The summed E-state index contributed by atoms with van der Waals surface area (Å²) in [5, 5.41) is 4.19. The molecule has 1 aliphatic rings. The zero-order valence-electron chi connectivity index (χ0n) is 14.3. The maximum Gasteiger partial charge on any atom is 0.244 e. The monoisotopic (exact) mass is 338 g/mol. The van der Waals surface area contributed by atoms with Crippen LogP contribution >= 0.6 is 0 Å². The number of nitrogens with zero attached hydrogens (tertiary/aromatic N) is 1. The van der Waals surface area contributed by atoms with Gasteiger partial charge < -0.3 is 9.88 Å². The minimum Gasteiger partial charge on any atom is -0.338 e. The molecule has 1 heterocycles. The highest BCUT2D eigenvalue weighted by Crippen LogP contribution is 2.37. The molecule has 1 aromatic heterocycles. The molecule has 0 fully saturated rings. The lowest BCUT2D eigenvalue weighted by Crippen LogP contribution is -2.18. The van der Waals surface area contributed by atoms with E-state index >= 15 is 0 Å². The van der Waals surface area contributed by atoms with Crippen LogP contribution in [0, 0.1) is 0 Å². The Bertz CT molecular complexity index is 1140. The van der Waals surface area contributed by atoms with Gasteiger partial charge in [-0.15, -0.1) is 0 Å². The maximum absolute atomic E-state index is 12.5. The van der Waals surface area contributed by atoms with Crippen LogP contribution in [0.25, 0.3) is 22.0 Å². The van der Waals surface area contributed by atoms with Gasteiger partial charge in [-0.1, -0.05) is 48.5 Å². The second-order valence-corrected chi connectivity index (χ2v) is 6.76. The topological polar surface area (TPSA) is 34.0 Å². The third-order valence-corrected chi connectivity index (χ3v) is 5.07. The van der Waals surface area contributed by atoms with Crippen molar-refractivity contribution in [3.8, 4) is 11.1 Å². The average molecular weight is 338 g/mol. The zero-order chi connectivity index (χ0) is 17.5. The van der Waals surface area contributed by atoms with Gasteiger partial charge in [-0.05, 0) is 58.3 Å². The van der Waals surface area contributed by atoms with E-state index in [2.05, 4.69) is 47.8 Å². The number of hydrogen-bond donors (Lipinski definition) is 1. The smallest absolute Gasteiger partial charge is 0.244 e. The predicted octanol–water partition coefficient (Wildman–Crippen LogP) is 4.85. The molecule has 3 aromatic carbocycles. The van der Waals surface area contributed by atoms with Gasteiger partial charge in [0.2, 0.25) is 5.91 Å². The summed E-state index contributed by atoms with van der Waals surface area (Å²) in [6.07, 6.45) is 2.89. The summed E-state index contributed by atoms with van der Waals surface area (Å²) in [6.45, 7) is 0.310. The Morgan fingerprint density at radius 2 is 1.69 bits per heavy atom. The number of fused-ring (bicyclic) bond motifs is 4. The summed E-state index contributed by atoms with van der Waals surface area (Å²) in [4.78, 5) is 12.5. The number of carbonyl (C=O) groups excluding carboxylic acids is 1. The van der Waals surface area contributed by atoms with E-state index in [9.17, 15) is 4.79 Å². The van der Waals surface area contributed by atoms with E-state index in [1.807, 2.05) is 41.1 Å². The lowest BCUT2D eigenvalue weighted by molar-refractivity contribution is -0.116. The number of rotatable bonds is 3. The van der Waals surface area contributed by atoms with E-state index in [0.29, 0.717) is 6.54 Å². The highest BCUT2D eigenvalue weighted by Gasteiger charge is 2.18. The number of para-hydroxylation sites is 1. The molecule has 1 aliphatic carbocycles.